The Hall–Kier alpha value is -2.45. The molecular weight excluding hydrogens is 578 g/mol. The zero-order valence-corrected chi connectivity index (χ0v) is 24.9. The van der Waals surface area contributed by atoms with Crippen molar-refractivity contribution in [2.75, 3.05) is 24.6 Å². The Labute approximate surface area is 257 Å². The third kappa shape index (κ3) is 6.38. The Morgan fingerprint density at radius 2 is 1.88 bits per heavy atom. The Bertz CT molecular complexity index is 1450. The Kier molecular flexibility index (Phi) is 9.30. The van der Waals surface area contributed by atoms with E-state index in [-0.39, 0.29) is 76.8 Å². The van der Waals surface area contributed by atoms with Crippen molar-refractivity contribution in [3.8, 4) is 0 Å². The van der Waals surface area contributed by atoms with Crippen molar-refractivity contribution >= 4 is 87.5 Å². The number of nitrogens with zero attached hydrogens (tertiary/aromatic N) is 2. The first kappa shape index (κ1) is 30.5. The van der Waals surface area contributed by atoms with Gasteiger partial charge in [-0.3, -0.25) is 19.3 Å². The van der Waals surface area contributed by atoms with Crippen LogP contribution in [-0.4, -0.2) is 110 Å². The summed E-state index contributed by atoms with van der Waals surface area (Å²) in [5.41, 5.74) is -0.0871. The molecule has 0 bridgehead atoms. The number of carbonyl (C=O) groups excluding carboxylic acids is 3. The zero-order chi connectivity index (χ0) is 27.9. The SMILES string of the molecule is O=C(CSc1ccc2ccccc2c1)N[C@@H]1C(=O)N2C(C(=O)O)=C(C=C3CCN(CC(F)(F)F)C3=O)CS[C@H]12.[Na]. The normalized spacial score (nSPS) is 21.8. The molecule has 8 nitrogen and oxygen atoms in total. The molecule has 2 fully saturated rings. The molecule has 5 rings (SSSR count). The van der Waals surface area contributed by atoms with Crippen LogP contribution in [0.2, 0.25) is 0 Å². The van der Waals surface area contributed by atoms with Crippen LogP contribution >= 0.6 is 23.5 Å². The summed E-state index contributed by atoms with van der Waals surface area (Å²) < 4.78 is 38.2. The number of alkyl halides is 3. The van der Waals surface area contributed by atoms with Crippen LogP contribution < -0.4 is 5.32 Å². The maximum atomic E-state index is 12.9. The smallest absolute Gasteiger partial charge is 0.406 e. The molecule has 3 heterocycles. The largest absolute Gasteiger partial charge is 0.477 e. The van der Waals surface area contributed by atoms with Crippen LogP contribution in [0.1, 0.15) is 6.42 Å². The van der Waals surface area contributed by atoms with Gasteiger partial charge in [-0.2, -0.15) is 13.2 Å². The van der Waals surface area contributed by atoms with Crippen molar-refractivity contribution in [1.29, 1.82) is 0 Å². The van der Waals surface area contributed by atoms with E-state index in [4.69, 9.17) is 0 Å². The van der Waals surface area contributed by atoms with E-state index in [9.17, 15) is 37.5 Å². The van der Waals surface area contributed by atoms with Gasteiger partial charge in [-0.25, -0.2) is 4.79 Å². The monoisotopic (exact) mass is 600 g/mol. The molecule has 0 aromatic heterocycles. The molecule has 0 spiro atoms. The molecule has 2 saturated heterocycles. The number of likely N-dealkylation sites (tertiary alicyclic amines) is 1. The van der Waals surface area contributed by atoms with Crippen molar-refractivity contribution in [2.45, 2.75) is 28.9 Å². The number of aliphatic carboxylic acids is 1. The van der Waals surface area contributed by atoms with Gasteiger partial charge in [-0.15, -0.1) is 23.5 Å². The predicted octanol–water partition coefficient (Wildman–Crippen LogP) is 3.01. The molecule has 0 aliphatic carbocycles. The van der Waals surface area contributed by atoms with Crippen molar-refractivity contribution in [2.24, 2.45) is 0 Å². The molecule has 205 valence electrons. The van der Waals surface area contributed by atoms with Gasteiger partial charge in [0, 0.05) is 52.3 Å². The molecule has 3 amide bonds. The van der Waals surface area contributed by atoms with E-state index >= 15 is 0 Å². The summed E-state index contributed by atoms with van der Waals surface area (Å²) in [6.07, 6.45) is -3.21. The molecule has 3 aliphatic heterocycles. The maximum absolute atomic E-state index is 12.9. The fraction of sp³-hybridized carbons (Fsp3) is 0.308. The molecule has 1 radical (unpaired) electrons. The van der Waals surface area contributed by atoms with Crippen LogP contribution in [0.15, 0.2) is 70.3 Å². The number of hydrogen-bond acceptors (Lipinski definition) is 6. The summed E-state index contributed by atoms with van der Waals surface area (Å²) in [5, 5.41) is 14.0. The number of nitrogens with one attached hydrogen (secondary N) is 1. The number of carbonyl (C=O) groups is 4. The molecule has 2 N–H and O–H groups in total. The summed E-state index contributed by atoms with van der Waals surface area (Å²) in [6, 6.07) is 12.8. The average molecular weight is 601 g/mol. The Balaban J connectivity index is 0.00000370. The van der Waals surface area contributed by atoms with E-state index in [2.05, 4.69) is 5.32 Å². The predicted molar refractivity (Wildman–Crippen MR) is 145 cm³/mol. The molecule has 40 heavy (non-hydrogen) atoms. The van der Waals surface area contributed by atoms with Gasteiger partial charge in [0.25, 0.3) is 5.91 Å². The standard InChI is InChI=1S/C26H22F3N3O5S2.Na/c27-26(28,29)13-31-8-7-16(22(31)34)9-17-11-39-24-20(23(35)32(24)21(17)25(36)37)30-19(33)12-38-18-6-5-14-3-1-2-4-15(14)10-18;/h1-6,9-10,20,24H,7-8,11-13H2,(H,30,33)(H,36,37);/t20-,24-;/m1./s1. The third-order valence-corrected chi connectivity index (χ3v) is 8.84. The topological polar surface area (TPSA) is 107 Å². The number of carboxylic acid groups (broad SMARTS) is 1. The van der Waals surface area contributed by atoms with Crippen molar-refractivity contribution in [3.63, 3.8) is 0 Å². The number of amides is 3. The van der Waals surface area contributed by atoms with Crippen LogP contribution in [0.4, 0.5) is 13.2 Å². The van der Waals surface area contributed by atoms with Gasteiger partial charge >= 0.3 is 12.1 Å². The number of fused-ring (bicyclic) bond motifs is 2. The first-order chi connectivity index (χ1) is 18.5. The molecule has 2 atom stereocenters. The van der Waals surface area contributed by atoms with Gasteiger partial charge in [0.1, 0.15) is 23.7 Å². The van der Waals surface area contributed by atoms with Crippen LogP contribution in [0.3, 0.4) is 0 Å². The average Bonchev–Trinajstić information content (AvgIpc) is 3.22. The summed E-state index contributed by atoms with van der Waals surface area (Å²) in [4.78, 5) is 52.6. The molecule has 3 aliphatic rings. The van der Waals surface area contributed by atoms with Gasteiger partial charge in [-0.1, -0.05) is 30.3 Å². The Morgan fingerprint density at radius 3 is 2.58 bits per heavy atom. The number of thioether (sulfide) groups is 2. The summed E-state index contributed by atoms with van der Waals surface area (Å²) in [6.45, 7) is -1.50. The first-order valence-corrected chi connectivity index (χ1v) is 13.9. The summed E-state index contributed by atoms with van der Waals surface area (Å²) >= 11 is 2.54. The van der Waals surface area contributed by atoms with Crippen LogP contribution in [-0.2, 0) is 19.2 Å². The zero-order valence-electron chi connectivity index (χ0n) is 21.2. The molecule has 0 saturated carbocycles. The van der Waals surface area contributed by atoms with Gasteiger partial charge in [0.15, 0.2) is 0 Å². The minimum atomic E-state index is -4.54. The number of allylic oxidation sites excluding steroid dienone is 1. The van der Waals surface area contributed by atoms with E-state index in [1.165, 1.54) is 29.6 Å². The second-order valence-corrected chi connectivity index (χ2v) is 11.3. The molecule has 14 heteroatoms. The van der Waals surface area contributed by atoms with E-state index < -0.39 is 41.9 Å². The van der Waals surface area contributed by atoms with E-state index in [1.807, 2.05) is 42.5 Å². The van der Waals surface area contributed by atoms with Gasteiger partial charge in [-0.05, 0) is 41.0 Å². The van der Waals surface area contributed by atoms with Gasteiger partial charge < -0.3 is 15.3 Å². The molecule has 2 aromatic rings. The van der Waals surface area contributed by atoms with Gasteiger partial charge in [0.05, 0.1) is 5.75 Å². The number of rotatable bonds is 7. The number of halogens is 3. The second kappa shape index (κ2) is 12.2. The molecule has 2 aromatic carbocycles. The fourth-order valence-electron chi connectivity index (χ4n) is 4.75. The van der Waals surface area contributed by atoms with Crippen LogP contribution in [0.25, 0.3) is 10.8 Å². The van der Waals surface area contributed by atoms with Crippen molar-refractivity contribution < 1.29 is 37.5 Å². The van der Waals surface area contributed by atoms with E-state index in [1.54, 1.807) is 0 Å². The van der Waals surface area contributed by atoms with Gasteiger partial charge in [0.2, 0.25) is 11.8 Å². The number of hydrogen-bond donors (Lipinski definition) is 2. The van der Waals surface area contributed by atoms with Crippen molar-refractivity contribution in [3.05, 3.63) is 65.4 Å². The van der Waals surface area contributed by atoms with Crippen molar-refractivity contribution in [1.82, 2.24) is 15.1 Å². The fourth-order valence-corrected chi connectivity index (χ4v) is 6.81. The third-order valence-electron chi connectivity index (χ3n) is 6.54. The first-order valence-electron chi connectivity index (χ1n) is 11.9. The number of carboxylic acids is 1. The maximum Gasteiger partial charge on any atom is 0.406 e. The van der Waals surface area contributed by atoms with E-state index in [0.717, 1.165) is 20.6 Å². The van der Waals surface area contributed by atoms with Crippen LogP contribution in [0.5, 0.6) is 0 Å². The van der Waals surface area contributed by atoms with E-state index in [0.29, 0.717) is 4.90 Å². The minimum Gasteiger partial charge on any atom is -0.477 e. The number of benzene rings is 2. The number of β-lactam (4-membered cyclic amide) rings is 1. The second-order valence-electron chi connectivity index (χ2n) is 9.19. The Morgan fingerprint density at radius 1 is 1.15 bits per heavy atom. The quantitative estimate of drug-likeness (QED) is 0.218. The molecular formula is C26H22F3N3NaO5S2. The minimum absolute atomic E-state index is 0. The summed E-state index contributed by atoms with van der Waals surface area (Å²) in [5.74, 6) is -2.99. The van der Waals surface area contributed by atoms with Crippen LogP contribution in [0, 0.1) is 0 Å². The molecule has 0 unspecified atom stereocenters. The summed E-state index contributed by atoms with van der Waals surface area (Å²) in [7, 11) is 0.